The van der Waals surface area contributed by atoms with Gasteiger partial charge in [0, 0.05) is 22.5 Å². The number of thiophene rings is 1. The predicted molar refractivity (Wildman–Crippen MR) is 86.3 cm³/mol. The van der Waals surface area contributed by atoms with E-state index in [2.05, 4.69) is 24.1 Å². The fourth-order valence-electron chi connectivity index (χ4n) is 1.72. The summed E-state index contributed by atoms with van der Waals surface area (Å²) in [5.41, 5.74) is 6.40. The van der Waals surface area contributed by atoms with Gasteiger partial charge >= 0.3 is 0 Å². The third-order valence-electron chi connectivity index (χ3n) is 3.66. The summed E-state index contributed by atoms with van der Waals surface area (Å²) in [6.07, 6.45) is 0. The molecular weight excluding hydrogens is 270 g/mol. The number of hydrogen-bond acceptors (Lipinski definition) is 4. The monoisotopic (exact) mass is 291 g/mol. The smallest absolute Gasteiger partial charge is 0.261 e. The molecule has 4 nitrogen and oxygen atoms in total. The Kier molecular flexibility index (Phi) is 4.01. The first-order valence-electron chi connectivity index (χ1n) is 6.54. The van der Waals surface area contributed by atoms with Crippen LogP contribution in [-0.4, -0.2) is 37.0 Å². The van der Waals surface area contributed by atoms with E-state index in [0.717, 1.165) is 20.7 Å². The van der Waals surface area contributed by atoms with Gasteiger partial charge in [-0.15, -0.1) is 11.3 Å². The fourth-order valence-corrected chi connectivity index (χ4v) is 2.68. The molecule has 1 aromatic heterocycles. The number of carbonyl (C=O) groups is 1. The minimum absolute atomic E-state index is 0.0281. The van der Waals surface area contributed by atoms with E-state index < -0.39 is 0 Å². The van der Waals surface area contributed by atoms with Gasteiger partial charge < -0.3 is 16.0 Å². The van der Waals surface area contributed by atoms with Crippen LogP contribution in [-0.2, 0) is 0 Å². The van der Waals surface area contributed by atoms with Gasteiger partial charge in [0.05, 0.1) is 4.88 Å². The number of rotatable bonds is 4. The molecule has 1 heterocycles. The Morgan fingerprint density at radius 3 is 2.70 bits per heavy atom. The van der Waals surface area contributed by atoms with Gasteiger partial charge in [-0.2, -0.15) is 0 Å². The molecule has 0 radical (unpaired) electrons. The average molecular weight is 291 g/mol. The second-order valence-electron chi connectivity index (χ2n) is 5.80. The first-order valence-corrected chi connectivity index (χ1v) is 7.36. The summed E-state index contributed by atoms with van der Waals surface area (Å²) in [4.78, 5) is 15.0. The molecule has 1 aromatic carbocycles. The molecule has 0 unspecified atom stereocenters. The topological polar surface area (TPSA) is 58.4 Å². The highest BCUT2D eigenvalue weighted by Crippen LogP contribution is 2.27. The standard InChI is InChI=1S/C15H21N3OS/c1-15(2,18(3)4)9-17-14(19)13-8-10-7-11(16)5-6-12(10)20-13/h5-8H,9,16H2,1-4H3,(H,17,19). The summed E-state index contributed by atoms with van der Waals surface area (Å²) in [5.74, 6) is -0.0281. The number of nitrogens with zero attached hydrogens (tertiary/aromatic N) is 1. The third-order valence-corrected chi connectivity index (χ3v) is 4.77. The molecule has 0 aliphatic rings. The van der Waals surface area contributed by atoms with Gasteiger partial charge in [-0.3, -0.25) is 4.79 Å². The molecule has 0 saturated heterocycles. The van der Waals surface area contributed by atoms with E-state index in [9.17, 15) is 4.79 Å². The van der Waals surface area contributed by atoms with Crippen LogP contribution in [0.3, 0.4) is 0 Å². The molecule has 5 heteroatoms. The molecule has 3 N–H and O–H groups in total. The van der Waals surface area contributed by atoms with Gasteiger partial charge in [0.25, 0.3) is 5.91 Å². The summed E-state index contributed by atoms with van der Waals surface area (Å²) < 4.78 is 1.08. The summed E-state index contributed by atoms with van der Waals surface area (Å²) in [7, 11) is 4.02. The summed E-state index contributed by atoms with van der Waals surface area (Å²) >= 11 is 1.49. The Hall–Kier alpha value is -1.59. The quantitative estimate of drug-likeness (QED) is 0.851. The molecule has 0 saturated carbocycles. The molecule has 0 aliphatic carbocycles. The van der Waals surface area contributed by atoms with Crippen LogP contribution in [0.4, 0.5) is 5.69 Å². The van der Waals surface area contributed by atoms with Crippen molar-refractivity contribution in [3.8, 4) is 0 Å². The molecule has 108 valence electrons. The van der Waals surface area contributed by atoms with E-state index in [4.69, 9.17) is 5.73 Å². The highest BCUT2D eigenvalue weighted by molar-refractivity contribution is 7.20. The van der Waals surface area contributed by atoms with Crippen LogP contribution in [0.1, 0.15) is 23.5 Å². The van der Waals surface area contributed by atoms with Crippen molar-refractivity contribution in [2.45, 2.75) is 19.4 Å². The van der Waals surface area contributed by atoms with Crippen LogP contribution in [0.15, 0.2) is 24.3 Å². The molecule has 20 heavy (non-hydrogen) atoms. The van der Waals surface area contributed by atoms with Crippen molar-refractivity contribution in [3.63, 3.8) is 0 Å². The van der Waals surface area contributed by atoms with Crippen molar-refractivity contribution in [1.29, 1.82) is 0 Å². The Bertz CT molecular complexity index is 631. The van der Waals surface area contributed by atoms with Crippen LogP contribution in [0.2, 0.25) is 0 Å². The molecule has 0 fully saturated rings. The van der Waals surface area contributed by atoms with Gasteiger partial charge in [0.15, 0.2) is 0 Å². The van der Waals surface area contributed by atoms with E-state index in [-0.39, 0.29) is 11.4 Å². The van der Waals surface area contributed by atoms with Gasteiger partial charge in [0.1, 0.15) is 0 Å². The molecular formula is C15H21N3OS. The van der Waals surface area contributed by atoms with Crippen LogP contribution in [0, 0.1) is 0 Å². The van der Waals surface area contributed by atoms with E-state index in [0.29, 0.717) is 6.54 Å². The number of amides is 1. The molecule has 0 atom stereocenters. The number of nitrogen functional groups attached to an aromatic ring is 1. The molecule has 2 aromatic rings. The van der Waals surface area contributed by atoms with Gasteiger partial charge in [-0.1, -0.05) is 0 Å². The van der Waals surface area contributed by atoms with Gasteiger partial charge in [0.2, 0.25) is 0 Å². The zero-order valence-electron chi connectivity index (χ0n) is 12.4. The van der Waals surface area contributed by atoms with Crippen molar-refractivity contribution in [3.05, 3.63) is 29.1 Å². The minimum atomic E-state index is -0.0726. The molecule has 1 amide bonds. The van der Waals surface area contributed by atoms with E-state index >= 15 is 0 Å². The number of hydrogen-bond donors (Lipinski definition) is 2. The largest absolute Gasteiger partial charge is 0.399 e. The average Bonchev–Trinajstić information content (AvgIpc) is 2.78. The van der Waals surface area contributed by atoms with Crippen LogP contribution in [0.5, 0.6) is 0 Å². The van der Waals surface area contributed by atoms with Gasteiger partial charge in [-0.25, -0.2) is 0 Å². The summed E-state index contributed by atoms with van der Waals surface area (Å²) in [6, 6.07) is 7.60. The highest BCUT2D eigenvalue weighted by Gasteiger charge is 2.21. The Labute approximate surface area is 123 Å². The lowest BCUT2D eigenvalue weighted by Crippen LogP contribution is -2.48. The zero-order chi connectivity index (χ0) is 14.9. The SMILES string of the molecule is CN(C)C(C)(C)CNC(=O)c1cc2cc(N)ccc2s1. The van der Waals surface area contributed by atoms with E-state index in [1.165, 1.54) is 11.3 Å². The van der Waals surface area contributed by atoms with Crippen molar-refractivity contribution in [2.75, 3.05) is 26.4 Å². The maximum absolute atomic E-state index is 12.2. The number of fused-ring (bicyclic) bond motifs is 1. The normalized spacial score (nSPS) is 12.1. The van der Waals surface area contributed by atoms with E-state index in [1.54, 1.807) is 0 Å². The lowest BCUT2D eigenvalue weighted by molar-refractivity contribution is 0.0924. The number of carbonyl (C=O) groups excluding carboxylic acids is 1. The van der Waals surface area contributed by atoms with Crippen LogP contribution in [0.25, 0.3) is 10.1 Å². The Morgan fingerprint density at radius 1 is 1.35 bits per heavy atom. The van der Waals surface area contributed by atoms with Crippen molar-refractivity contribution >= 4 is 33.0 Å². The molecule has 0 bridgehead atoms. The number of benzene rings is 1. The summed E-state index contributed by atoms with van der Waals surface area (Å²) in [5, 5.41) is 4.02. The maximum atomic E-state index is 12.2. The minimum Gasteiger partial charge on any atom is -0.399 e. The number of nitrogens with two attached hydrogens (primary N) is 1. The first kappa shape index (κ1) is 14.8. The number of likely N-dealkylation sites (N-methyl/N-ethyl adjacent to an activating group) is 1. The number of nitrogens with one attached hydrogen (secondary N) is 1. The third kappa shape index (κ3) is 3.11. The molecule has 0 aliphatic heterocycles. The second kappa shape index (κ2) is 5.42. The molecule has 2 rings (SSSR count). The van der Waals surface area contributed by atoms with E-state index in [1.807, 2.05) is 38.4 Å². The summed E-state index contributed by atoms with van der Waals surface area (Å²) in [6.45, 7) is 4.80. The second-order valence-corrected chi connectivity index (χ2v) is 6.88. The first-order chi connectivity index (χ1) is 9.29. The van der Waals surface area contributed by atoms with Crippen molar-refractivity contribution < 1.29 is 4.79 Å². The zero-order valence-corrected chi connectivity index (χ0v) is 13.2. The highest BCUT2D eigenvalue weighted by atomic mass is 32.1. The maximum Gasteiger partial charge on any atom is 0.261 e. The lowest BCUT2D eigenvalue weighted by atomic mass is 10.0. The molecule has 0 spiro atoms. The predicted octanol–water partition coefficient (Wildman–Crippen LogP) is 2.55. The fraction of sp³-hybridized carbons (Fsp3) is 0.400. The number of anilines is 1. The van der Waals surface area contributed by atoms with Crippen LogP contribution < -0.4 is 11.1 Å². The van der Waals surface area contributed by atoms with Crippen molar-refractivity contribution in [2.24, 2.45) is 0 Å². The van der Waals surface area contributed by atoms with Crippen LogP contribution >= 0.6 is 11.3 Å². The Morgan fingerprint density at radius 2 is 2.05 bits per heavy atom. The van der Waals surface area contributed by atoms with Crippen molar-refractivity contribution in [1.82, 2.24) is 10.2 Å². The lowest BCUT2D eigenvalue weighted by Gasteiger charge is -2.32. The van der Waals surface area contributed by atoms with Gasteiger partial charge in [-0.05, 0) is 57.6 Å². The Balaban J connectivity index is 2.12.